The highest BCUT2D eigenvalue weighted by Gasteiger charge is 2.20. The fourth-order valence-corrected chi connectivity index (χ4v) is 7.13. The molecule has 0 radical (unpaired) electrons. The highest BCUT2D eigenvalue weighted by Crippen LogP contribution is 2.31. The summed E-state index contributed by atoms with van der Waals surface area (Å²) in [5.74, 6) is -0.339. The van der Waals surface area contributed by atoms with E-state index < -0.39 is 30.0 Å². The lowest BCUT2D eigenvalue weighted by atomic mass is 10.1. The summed E-state index contributed by atoms with van der Waals surface area (Å²) in [5, 5.41) is 28.5. The van der Waals surface area contributed by atoms with Crippen LogP contribution in [0.1, 0.15) is 22.3 Å². The molecule has 0 saturated carbocycles. The van der Waals surface area contributed by atoms with Crippen LogP contribution in [0.25, 0.3) is 34.0 Å². The van der Waals surface area contributed by atoms with Gasteiger partial charge in [0, 0.05) is 34.5 Å². The van der Waals surface area contributed by atoms with E-state index in [1.165, 1.54) is 48.8 Å². The number of phenols is 2. The summed E-state index contributed by atoms with van der Waals surface area (Å²) in [4.78, 5) is 7.37. The van der Waals surface area contributed by atoms with Crippen LogP contribution >= 0.6 is 24.4 Å². The normalized spacial score (nSPS) is 12.0. The van der Waals surface area contributed by atoms with Crippen molar-refractivity contribution in [2.45, 2.75) is 9.79 Å². The minimum absolute atomic E-state index is 0.0215. The molecule has 0 fully saturated rings. The molecule has 0 atom stereocenters. The SMILES string of the molecule is O=S(=O)(O)c1cc(NC(=S)c2ccc3cccnc3c2O)ccc1C=Cc1ccc(NC(=S)c2ccc3cccnc3c2O)cc1S(=O)(=O)O. The first kappa shape index (κ1) is 34.5. The monoisotopic (exact) mass is 744 g/mol. The number of thiocarbonyl (C=S) groups is 2. The average Bonchev–Trinajstić information content (AvgIpc) is 3.07. The first-order valence-corrected chi connectivity index (χ1v) is 18.1. The molecule has 0 unspecified atom stereocenters. The molecule has 6 aromatic rings. The van der Waals surface area contributed by atoms with E-state index >= 15 is 0 Å². The second kappa shape index (κ2) is 13.5. The Hall–Kier alpha value is -5.36. The lowest BCUT2D eigenvalue weighted by molar-refractivity contribution is 0.479. The van der Waals surface area contributed by atoms with Crippen LogP contribution in [0.5, 0.6) is 11.5 Å². The molecule has 0 amide bonds. The lowest BCUT2D eigenvalue weighted by Crippen LogP contribution is -2.12. The summed E-state index contributed by atoms with van der Waals surface area (Å²) in [6.45, 7) is 0. The Kier molecular flexibility index (Phi) is 9.32. The number of phenolic OH excluding ortho intramolecular Hbond substituents is 2. The number of fused-ring (bicyclic) bond motifs is 2. The number of anilines is 2. The van der Waals surface area contributed by atoms with Gasteiger partial charge in [0.05, 0.1) is 11.1 Å². The molecule has 0 aliphatic carbocycles. The predicted molar refractivity (Wildman–Crippen MR) is 199 cm³/mol. The second-order valence-electron chi connectivity index (χ2n) is 10.8. The number of hydrogen-bond acceptors (Lipinski definition) is 10. The predicted octanol–water partition coefficient (Wildman–Crippen LogP) is 6.43. The molecule has 0 aliphatic heterocycles. The number of hydrogen-bond donors (Lipinski definition) is 6. The maximum absolute atomic E-state index is 12.4. The van der Waals surface area contributed by atoms with Gasteiger partial charge in [0.25, 0.3) is 20.2 Å². The Bertz CT molecular complexity index is 2450. The fourth-order valence-electron chi connectivity index (χ4n) is 5.15. The molecule has 50 heavy (non-hydrogen) atoms. The second-order valence-corrected chi connectivity index (χ2v) is 14.4. The molecule has 6 N–H and O–H groups in total. The van der Waals surface area contributed by atoms with Crippen molar-refractivity contribution in [1.29, 1.82) is 0 Å². The summed E-state index contributed by atoms with van der Waals surface area (Å²) in [7, 11) is -9.62. The van der Waals surface area contributed by atoms with Gasteiger partial charge in [-0.05, 0) is 59.7 Å². The lowest BCUT2D eigenvalue weighted by Gasteiger charge is -2.13. The van der Waals surface area contributed by atoms with E-state index in [-0.39, 0.29) is 55.1 Å². The Morgan fingerprint density at radius 1 is 0.600 bits per heavy atom. The Morgan fingerprint density at radius 2 is 1.00 bits per heavy atom. The maximum atomic E-state index is 12.4. The number of nitrogens with zero attached hydrogens (tertiary/aromatic N) is 2. The summed E-state index contributed by atoms with van der Waals surface area (Å²) in [6.07, 6.45) is 5.52. The smallest absolute Gasteiger partial charge is 0.295 e. The van der Waals surface area contributed by atoms with E-state index in [1.807, 2.05) is 0 Å². The van der Waals surface area contributed by atoms with E-state index in [1.54, 1.807) is 48.5 Å². The van der Waals surface area contributed by atoms with Gasteiger partial charge >= 0.3 is 0 Å². The van der Waals surface area contributed by atoms with E-state index in [9.17, 15) is 36.2 Å². The molecule has 12 nitrogen and oxygen atoms in total. The zero-order valence-corrected chi connectivity index (χ0v) is 28.6. The van der Waals surface area contributed by atoms with Gasteiger partial charge in [0.1, 0.15) is 30.8 Å². The molecular formula is C34H24N4O8S4. The minimum Gasteiger partial charge on any atom is -0.505 e. The van der Waals surface area contributed by atoms with Crippen molar-refractivity contribution in [2.24, 2.45) is 0 Å². The highest BCUT2D eigenvalue weighted by molar-refractivity contribution is 7.86. The first-order chi connectivity index (χ1) is 23.7. The van der Waals surface area contributed by atoms with Gasteiger partial charge in [0.15, 0.2) is 11.5 Å². The van der Waals surface area contributed by atoms with Crippen molar-refractivity contribution in [1.82, 2.24) is 9.97 Å². The molecule has 2 aromatic heterocycles. The number of aromatic hydroxyl groups is 2. The number of benzene rings is 4. The van der Waals surface area contributed by atoms with Crippen molar-refractivity contribution in [3.05, 3.63) is 120 Å². The molecular weight excluding hydrogens is 721 g/mol. The zero-order chi connectivity index (χ0) is 35.8. The molecule has 4 aromatic carbocycles. The quantitative estimate of drug-likeness (QED) is 0.0566. The third-order valence-electron chi connectivity index (χ3n) is 7.53. The summed E-state index contributed by atoms with van der Waals surface area (Å²) in [6, 6.07) is 21.4. The Morgan fingerprint density at radius 3 is 1.38 bits per heavy atom. The Balaban J connectivity index is 1.27. The van der Waals surface area contributed by atoms with Crippen LogP contribution in [0.4, 0.5) is 11.4 Å². The van der Waals surface area contributed by atoms with Crippen molar-refractivity contribution >= 4 is 100.0 Å². The van der Waals surface area contributed by atoms with Gasteiger partial charge in [-0.3, -0.25) is 19.1 Å². The minimum atomic E-state index is -4.81. The van der Waals surface area contributed by atoms with Crippen LogP contribution in [0, 0.1) is 0 Å². The summed E-state index contributed by atoms with van der Waals surface area (Å²) in [5.41, 5.74) is 1.42. The topological polar surface area (TPSA) is 199 Å². The van der Waals surface area contributed by atoms with Crippen molar-refractivity contribution in [2.75, 3.05) is 10.6 Å². The third-order valence-corrected chi connectivity index (χ3v) is 9.99. The number of pyridine rings is 2. The molecule has 16 heteroatoms. The maximum Gasteiger partial charge on any atom is 0.295 e. The van der Waals surface area contributed by atoms with E-state index in [0.717, 1.165) is 12.1 Å². The molecule has 252 valence electrons. The van der Waals surface area contributed by atoms with Gasteiger partial charge in [-0.1, -0.05) is 73.0 Å². The average molecular weight is 745 g/mol. The zero-order valence-electron chi connectivity index (χ0n) is 25.3. The molecule has 0 saturated heterocycles. The van der Waals surface area contributed by atoms with E-state index in [4.69, 9.17) is 24.4 Å². The van der Waals surface area contributed by atoms with Gasteiger partial charge in [0.2, 0.25) is 0 Å². The fraction of sp³-hybridized carbons (Fsp3) is 0. The molecule has 0 spiro atoms. The van der Waals surface area contributed by atoms with Crippen molar-refractivity contribution in [3.8, 4) is 11.5 Å². The molecule has 0 bridgehead atoms. The van der Waals surface area contributed by atoms with Crippen LogP contribution in [0.3, 0.4) is 0 Å². The van der Waals surface area contributed by atoms with E-state index in [2.05, 4.69) is 20.6 Å². The van der Waals surface area contributed by atoms with Crippen LogP contribution < -0.4 is 10.6 Å². The highest BCUT2D eigenvalue weighted by atomic mass is 32.2. The third kappa shape index (κ3) is 7.16. The van der Waals surface area contributed by atoms with E-state index in [0.29, 0.717) is 21.8 Å². The van der Waals surface area contributed by atoms with Crippen LogP contribution in [0.2, 0.25) is 0 Å². The number of aromatic nitrogens is 2. The van der Waals surface area contributed by atoms with Crippen molar-refractivity contribution < 1.29 is 36.2 Å². The standard InChI is InChI=1S/C34H24N4O8S4/c39-31-25(13-9-21-3-1-15-35-29(21)31)33(47)37-23-11-7-19(27(17-23)49(41,42)43)5-6-20-8-12-24(18-28(20)50(44,45)46)38-34(48)26-14-10-22-4-2-16-36-30(22)32(26)40/h1-18,39-40H,(H,37,47)(H,38,48)(H,41,42,43)(H,44,45,46). The number of rotatable bonds is 8. The van der Waals surface area contributed by atoms with Crippen LogP contribution in [-0.4, -0.2) is 56.1 Å². The summed E-state index contributed by atoms with van der Waals surface area (Å²) < 4.78 is 69.6. The largest absolute Gasteiger partial charge is 0.505 e. The molecule has 0 aliphatic rings. The molecule has 2 heterocycles. The van der Waals surface area contributed by atoms with Gasteiger partial charge in [-0.2, -0.15) is 16.8 Å². The van der Waals surface area contributed by atoms with Gasteiger partial charge in [-0.25, -0.2) is 0 Å². The Labute approximate surface area is 296 Å². The summed E-state index contributed by atoms with van der Waals surface area (Å²) >= 11 is 10.9. The van der Waals surface area contributed by atoms with Gasteiger partial charge in [-0.15, -0.1) is 0 Å². The van der Waals surface area contributed by atoms with Crippen molar-refractivity contribution in [3.63, 3.8) is 0 Å². The van der Waals surface area contributed by atoms with Gasteiger partial charge < -0.3 is 20.8 Å². The number of nitrogens with one attached hydrogen (secondary N) is 2. The van der Waals surface area contributed by atoms with Crippen LogP contribution in [0.15, 0.2) is 107 Å². The molecule has 6 rings (SSSR count). The first-order valence-electron chi connectivity index (χ1n) is 14.4. The van der Waals surface area contributed by atoms with Crippen LogP contribution in [-0.2, 0) is 20.2 Å².